The molecule has 0 aromatic rings. The van der Waals surface area contributed by atoms with Crippen LogP contribution in [0.2, 0.25) is 0 Å². The van der Waals surface area contributed by atoms with Gasteiger partial charge in [-0.2, -0.15) is 0 Å². The molecule has 2 rings (SSSR count). The van der Waals surface area contributed by atoms with Crippen molar-refractivity contribution in [3.8, 4) is 0 Å². The lowest BCUT2D eigenvalue weighted by atomic mass is 10.2. The van der Waals surface area contributed by atoms with E-state index in [9.17, 15) is 4.79 Å². The van der Waals surface area contributed by atoms with E-state index in [4.69, 9.17) is 0 Å². The first-order chi connectivity index (χ1) is 5.33. The highest BCUT2D eigenvalue weighted by molar-refractivity contribution is 5.70. The quantitative estimate of drug-likeness (QED) is 0.571. The van der Waals surface area contributed by atoms with E-state index < -0.39 is 0 Å². The van der Waals surface area contributed by atoms with Crippen LogP contribution >= 0.6 is 0 Å². The van der Waals surface area contributed by atoms with Crippen molar-refractivity contribution < 1.29 is 9.53 Å². The lowest BCUT2D eigenvalue weighted by Gasteiger charge is -2.01. The van der Waals surface area contributed by atoms with Gasteiger partial charge in [-0.15, -0.1) is 0 Å². The van der Waals surface area contributed by atoms with Crippen molar-refractivity contribution in [3.05, 3.63) is 0 Å². The first-order valence-corrected chi connectivity index (χ1v) is 4.10. The van der Waals surface area contributed by atoms with Crippen molar-refractivity contribution >= 4 is 5.97 Å². The Kier molecular flexibility index (Phi) is 1.60. The van der Waals surface area contributed by atoms with Crippen molar-refractivity contribution in [1.29, 1.82) is 0 Å². The average Bonchev–Trinajstić information content (AvgIpc) is 2.52. The lowest BCUT2D eigenvalue weighted by Crippen LogP contribution is -2.16. The maximum atomic E-state index is 10.9. The number of piperidine rings is 1. The van der Waals surface area contributed by atoms with E-state index in [1.165, 1.54) is 7.11 Å². The van der Waals surface area contributed by atoms with Gasteiger partial charge in [0.15, 0.2) is 0 Å². The molecule has 11 heavy (non-hydrogen) atoms. The Labute approximate surface area is 66.1 Å². The maximum Gasteiger partial charge on any atom is 0.305 e. The maximum absolute atomic E-state index is 10.9. The summed E-state index contributed by atoms with van der Waals surface area (Å²) in [6.45, 7) is 2.21. The number of carbonyl (C=O) groups excluding carboxylic acids is 1. The summed E-state index contributed by atoms with van der Waals surface area (Å²) in [4.78, 5) is 10.9. The minimum Gasteiger partial charge on any atom is -0.469 e. The Bertz CT molecular complexity index is 171. The van der Waals surface area contributed by atoms with E-state index in [0.717, 1.165) is 24.9 Å². The van der Waals surface area contributed by atoms with E-state index in [1.807, 2.05) is 0 Å². The molecule has 3 nitrogen and oxygen atoms in total. The van der Waals surface area contributed by atoms with Crippen LogP contribution in [0, 0.1) is 17.8 Å². The molecular formula is C8H13NO2. The number of rotatable bonds is 2. The Morgan fingerprint density at radius 3 is 2.73 bits per heavy atom. The normalized spacial score (nSPS) is 39.9. The molecular weight excluding hydrogens is 142 g/mol. The molecule has 1 aliphatic carbocycles. The van der Waals surface area contributed by atoms with Crippen molar-refractivity contribution in [2.45, 2.75) is 6.42 Å². The van der Waals surface area contributed by atoms with E-state index in [0.29, 0.717) is 12.3 Å². The molecule has 0 radical (unpaired) electrons. The van der Waals surface area contributed by atoms with Gasteiger partial charge in [0.1, 0.15) is 0 Å². The minimum atomic E-state index is -0.0515. The van der Waals surface area contributed by atoms with Gasteiger partial charge in [-0.1, -0.05) is 0 Å². The molecule has 1 heterocycles. The fourth-order valence-electron chi connectivity index (χ4n) is 2.13. The molecule has 0 amide bonds. The largest absolute Gasteiger partial charge is 0.469 e. The zero-order valence-electron chi connectivity index (χ0n) is 6.67. The van der Waals surface area contributed by atoms with Crippen LogP contribution in [0.1, 0.15) is 6.42 Å². The first-order valence-electron chi connectivity index (χ1n) is 4.10. The molecule has 0 aromatic heterocycles. The molecule has 2 atom stereocenters. The zero-order valence-corrected chi connectivity index (χ0v) is 6.67. The average molecular weight is 155 g/mol. The second kappa shape index (κ2) is 2.48. The van der Waals surface area contributed by atoms with Gasteiger partial charge in [-0.25, -0.2) is 0 Å². The number of methoxy groups -OCH3 is 1. The molecule has 1 saturated carbocycles. The molecule has 62 valence electrons. The highest BCUT2D eigenvalue weighted by atomic mass is 16.5. The van der Waals surface area contributed by atoms with Gasteiger partial charge in [-0.3, -0.25) is 4.79 Å². The van der Waals surface area contributed by atoms with Crippen LogP contribution in [0.3, 0.4) is 0 Å². The second-order valence-electron chi connectivity index (χ2n) is 3.43. The smallest absolute Gasteiger partial charge is 0.305 e. The van der Waals surface area contributed by atoms with Gasteiger partial charge in [0.25, 0.3) is 0 Å². The van der Waals surface area contributed by atoms with Crippen molar-refractivity contribution in [1.82, 2.24) is 5.32 Å². The van der Waals surface area contributed by atoms with Crippen molar-refractivity contribution in [2.75, 3.05) is 20.2 Å². The van der Waals surface area contributed by atoms with E-state index >= 15 is 0 Å². The first kappa shape index (κ1) is 7.10. The number of esters is 1. The molecule has 1 saturated heterocycles. The monoisotopic (exact) mass is 155 g/mol. The molecule has 3 heteroatoms. The third-order valence-corrected chi connectivity index (χ3v) is 2.90. The zero-order chi connectivity index (χ0) is 7.84. The highest BCUT2D eigenvalue weighted by Gasteiger charge is 2.53. The number of nitrogens with one attached hydrogen (secondary N) is 1. The summed E-state index contributed by atoms with van der Waals surface area (Å²) in [6.07, 6.45) is 0.632. The van der Waals surface area contributed by atoms with Crippen LogP contribution in [0.4, 0.5) is 0 Å². The predicted octanol–water partition coefficient (Wildman–Crippen LogP) is 0.0149. The van der Waals surface area contributed by atoms with E-state index in [1.54, 1.807) is 0 Å². The van der Waals surface area contributed by atoms with E-state index in [2.05, 4.69) is 10.1 Å². The summed E-state index contributed by atoms with van der Waals surface area (Å²) in [5, 5.41) is 3.29. The number of fused-ring (bicyclic) bond motifs is 1. The van der Waals surface area contributed by atoms with Crippen LogP contribution in [-0.4, -0.2) is 26.2 Å². The Morgan fingerprint density at radius 2 is 2.18 bits per heavy atom. The number of hydrogen-bond donors (Lipinski definition) is 1. The van der Waals surface area contributed by atoms with Crippen LogP contribution in [0.15, 0.2) is 0 Å². The summed E-state index contributed by atoms with van der Waals surface area (Å²) < 4.78 is 4.61. The van der Waals surface area contributed by atoms with Gasteiger partial charge in [0, 0.05) is 6.42 Å². The van der Waals surface area contributed by atoms with Crippen LogP contribution in [-0.2, 0) is 9.53 Å². The van der Waals surface area contributed by atoms with Crippen molar-refractivity contribution in [3.63, 3.8) is 0 Å². The molecule has 1 N–H and O–H groups in total. The number of hydrogen-bond acceptors (Lipinski definition) is 3. The molecule has 0 spiro atoms. The third kappa shape index (κ3) is 1.13. The Hall–Kier alpha value is -0.570. The predicted molar refractivity (Wildman–Crippen MR) is 40.0 cm³/mol. The highest BCUT2D eigenvalue weighted by Crippen LogP contribution is 2.50. The molecule has 0 aromatic carbocycles. The molecule has 0 bridgehead atoms. The Balaban J connectivity index is 1.79. The Morgan fingerprint density at radius 1 is 1.55 bits per heavy atom. The molecule has 2 aliphatic rings. The number of ether oxygens (including phenoxy) is 1. The lowest BCUT2D eigenvalue weighted by molar-refractivity contribution is -0.141. The molecule has 1 aliphatic heterocycles. The van der Waals surface area contributed by atoms with Crippen LogP contribution < -0.4 is 5.32 Å². The molecule has 2 unspecified atom stereocenters. The van der Waals surface area contributed by atoms with Gasteiger partial charge < -0.3 is 10.1 Å². The SMILES string of the molecule is COC(=O)CC1C2CNCC21. The molecule has 2 fully saturated rings. The fraction of sp³-hybridized carbons (Fsp3) is 0.875. The van der Waals surface area contributed by atoms with Crippen molar-refractivity contribution in [2.24, 2.45) is 17.8 Å². The summed E-state index contributed by atoms with van der Waals surface area (Å²) in [6, 6.07) is 0. The summed E-state index contributed by atoms with van der Waals surface area (Å²) >= 11 is 0. The topological polar surface area (TPSA) is 38.3 Å². The van der Waals surface area contributed by atoms with Gasteiger partial charge in [-0.05, 0) is 30.8 Å². The van der Waals surface area contributed by atoms with Gasteiger partial charge in [0.2, 0.25) is 0 Å². The van der Waals surface area contributed by atoms with Crippen LogP contribution in [0.5, 0.6) is 0 Å². The van der Waals surface area contributed by atoms with E-state index in [-0.39, 0.29) is 5.97 Å². The second-order valence-corrected chi connectivity index (χ2v) is 3.43. The number of carbonyl (C=O) groups is 1. The standard InChI is InChI=1S/C8H13NO2/c1-11-8(10)2-5-6-3-9-4-7(5)6/h5-7,9H,2-4H2,1H3. The summed E-state index contributed by atoms with van der Waals surface area (Å²) in [7, 11) is 1.46. The van der Waals surface area contributed by atoms with Gasteiger partial charge in [0.05, 0.1) is 7.11 Å². The summed E-state index contributed by atoms with van der Waals surface area (Å²) in [5.41, 5.74) is 0. The minimum absolute atomic E-state index is 0.0515. The van der Waals surface area contributed by atoms with Crippen LogP contribution in [0.25, 0.3) is 0 Å². The summed E-state index contributed by atoms with van der Waals surface area (Å²) in [5.74, 6) is 2.12. The third-order valence-electron chi connectivity index (χ3n) is 2.90. The van der Waals surface area contributed by atoms with Gasteiger partial charge >= 0.3 is 5.97 Å². The fourth-order valence-corrected chi connectivity index (χ4v) is 2.13.